The van der Waals surface area contributed by atoms with Crippen LogP contribution in [0.25, 0.3) is 17.2 Å². The average Bonchev–Trinajstić information content (AvgIpc) is 3.63. The van der Waals surface area contributed by atoms with E-state index in [2.05, 4.69) is 25.8 Å². The lowest BCUT2D eigenvalue weighted by atomic mass is 9.80. The molecule has 1 saturated heterocycles. The molecule has 11 nitrogen and oxygen atoms in total. The van der Waals surface area contributed by atoms with E-state index in [1.54, 1.807) is 44.0 Å². The number of nitrogens with zero attached hydrogens (tertiary/aromatic N) is 4. The molecule has 1 spiro atoms. The number of aromatic nitrogens is 3. The SMILES string of the molecule is CC(C)(C)OC(=O)N1CC[C@]2(C1)C(=O)Nc1ccc(/C(N)=C/NCc3ccc(-c4nnc(C(F)F)o4)cn3)cc12. The molecule has 4 heterocycles. The molecule has 5 rings (SSSR count). The number of fused-ring (bicyclic) bond motifs is 2. The highest BCUT2D eigenvalue weighted by atomic mass is 19.3. The van der Waals surface area contributed by atoms with Gasteiger partial charge in [0.25, 0.3) is 5.89 Å². The summed E-state index contributed by atoms with van der Waals surface area (Å²) in [7, 11) is 0. The van der Waals surface area contributed by atoms with Gasteiger partial charge in [-0.15, -0.1) is 10.2 Å². The standard InChI is InChI=1S/C27H29F2N7O4/c1-26(2,3)40-25(38)36-9-8-27(14-36)18-10-15(5-7-20(18)33-24(27)37)19(30)13-31-12-17-6-4-16(11-32-17)22-34-35-23(39-22)21(28)29/h4-7,10-11,13,21,31H,8-9,12,14,30H2,1-3H3,(H,33,37)/b19-13-/t27-/m1/s1. The van der Waals surface area contributed by atoms with Gasteiger partial charge >= 0.3 is 12.5 Å². The molecular formula is C27H29F2N7O4. The lowest BCUT2D eigenvalue weighted by Gasteiger charge is -2.26. The van der Waals surface area contributed by atoms with Gasteiger partial charge < -0.3 is 30.4 Å². The van der Waals surface area contributed by atoms with Crippen molar-refractivity contribution >= 4 is 23.4 Å². The monoisotopic (exact) mass is 553 g/mol. The summed E-state index contributed by atoms with van der Waals surface area (Å²) in [5.74, 6) is -0.926. The van der Waals surface area contributed by atoms with E-state index in [0.29, 0.717) is 47.7 Å². The minimum absolute atomic E-state index is 0.0368. The van der Waals surface area contributed by atoms with E-state index in [4.69, 9.17) is 14.9 Å². The van der Waals surface area contributed by atoms with E-state index >= 15 is 0 Å². The van der Waals surface area contributed by atoms with Crippen molar-refractivity contribution in [2.75, 3.05) is 18.4 Å². The van der Waals surface area contributed by atoms with Crippen molar-refractivity contribution in [2.45, 2.75) is 51.2 Å². The minimum atomic E-state index is -2.84. The summed E-state index contributed by atoms with van der Waals surface area (Å²) in [5, 5.41) is 13.0. The quantitative estimate of drug-likeness (QED) is 0.413. The van der Waals surface area contributed by atoms with Crippen LogP contribution < -0.4 is 16.4 Å². The summed E-state index contributed by atoms with van der Waals surface area (Å²) < 4.78 is 35.8. The zero-order valence-electron chi connectivity index (χ0n) is 22.2. The van der Waals surface area contributed by atoms with Crippen LogP contribution in [0, 0.1) is 0 Å². The summed E-state index contributed by atoms with van der Waals surface area (Å²) in [4.78, 5) is 31.6. The third-order valence-electron chi connectivity index (χ3n) is 6.71. The Bertz CT molecular complexity index is 1470. The first kappa shape index (κ1) is 27.0. The van der Waals surface area contributed by atoms with Gasteiger partial charge in [0.15, 0.2) is 0 Å². The normalized spacial score (nSPS) is 18.8. The topological polar surface area (TPSA) is 148 Å². The van der Waals surface area contributed by atoms with E-state index in [1.807, 2.05) is 18.2 Å². The van der Waals surface area contributed by atoms with Crippen molar-refractivity contribution in [3.63, 3.8) is 0 Å². The van der Waals surface area contributed by atoms with Gasteiger partial charge in [0.2, 0.25) is 11.8 Å². The molecule has 0 bridgehead atoms. The molecule has 0 saturated carbocycles. The molecule has 4 N–H and O–H groups in total. The Kier molecular flexibility index (Phi) is 6.90. The van der Waals surface area contributed by atoms with Crippen LogP contribution in [-0.2, 0) is 21.5 Å². The summed E-state index contributed by atoms with van der Waals surface area (Å²) in [6, 6.07) is 8.85. The summed E-state index contributed by atoms with van der Waals surface area (Å²) in [6.07, 6.45) is 0.294. The predicted molar refractivity (Wildman–Crippen MR) is 141 cm³/mol. The molecule has 1 atom stereocenters. The number of nitrogens with one attached hydrogen (secondary N) is 2. The van der Waals surface area contributed by atoms with Crippen LogP contribution in [0.15, 0.2) is 47.1 Å². The van der Waals surface area contributed by atoms with Gasteiger partial charge in [0.1, 0.15) is 5.60 Å². The molecule has 1 fully saturated rings. The van der Waals surface area contributed by atoms with Crippen molar-refractivity contribution < 1.29 is 27.5 Å². The molecule has 0 aliphatic carbocycles. The third kappa shape index (κ3) is 5.31. The Morgan fingerprint density at radius 1 is 1.30 bits per heavy atom. The van der Waals surface area contributed by atoms with Crippen LogP contribution in [-0.4, -0.2) is 50.8 Å². The van der Waals surface area contributed by atoms with Crippen molar-refractivity contribution in [1.29, 1.82) is 0 Å². The first-order chi connectivity index (χ1) is 18.9. The summed E-state index contributed by atoms with van der Waals surface area (Å²) in [6.45, 7) is 6.38. The van der Waals surface area contributed by atoms with Gasteiger partial charge in [-0.1, -0.05) is 6.07 Å². The van der Waals surface area contributed by atoms with Gasteiger partial charge in [0.05, 0.1) is 28.9 Å². The number of ether oxygens (including phenoxy) is 1. The summed E-state index contributed by atoms with van der Waals surface area (Å²) in [5.41, 5.74) is 8.59. The predicted octanol–water partition coefficient (Wildman–Crippen LogP) is 3.95. The highest BCUT2D eigenvalue weighted by Gasteiger charge is 2.52. The number of hydrogen-bond donors (Lipinski definition) is 3. The first-order valence-electron chi connectivity index (χ1n) is 12.7. The smallest absolute Gasteiger partial charge is 0.410 e. The maximum atomic E-state index is 13.1. The van der Waals surface area contributed by atoms with Crippen molar-refractivity contribution in [3.8, 4) is 11.5 Å². The van der Waals surface area contributed by atoms with Crippen molar-refractivity contribution in [1.82, 2.24) is 25.4 Å². The molecule has 40 heavy (non-hydrogen) atoms. The molecule has 2 aliphatic heterocycles. The van der Waals surface area contributed by atoms with Gasteiger partial charge in [-0.25, -0.2) is 4.79 Å². The molecule has 2 amide bonds. The molecule has 2 aromatic heterocycles. The Morgan fingerprint density at radius 2 is 2.10 bits per heavy atom. The van der Waals surface area contributed by atoms with E-state index in [-0.39, 0.29) is 18.3 Å². The molecule has 210 valence electrons. The second-order valence-corrected chi connectivity index (χ2v) is 10.7. The number of likely N-dealkylation sites (tertiary alicyclic amines) is 1. The van der Waals surface area contributed by atoms with Crippen LogP contribution in [0.2, 0.25) is 0 Å². The van der Waals surface area contributed by atoms with Crippen LogP contribution in [0.3, 0.4) is 0 Å². The Hall–Kier alpha value is -4.55. The number of rotatable bonds is 6. The van der Waals surface area contributed by atoms with Crippen molar-refractivity contribution in [3.05, 3.63) is 65.4 Å². The highest BCUT2D eigenvalue weighted by molar-refractivity contribution is 6.07. The molecule has 0 radical (unpaired) electrons. The number of halogens is 2. The summed E-state index contributed by atoms with van der Waals surface area (Å²) >= 11 is 0. The number of carbonyl (C=O) groups excluding carboxylic acids is 2. The molecule has 3 aromatic rings. The lowest BCUT2D eigenvalue weighted by Crippen LogP contribution is -2.41. The Labute approximate surface area is 228 Å². The fourth-order valence-electron chi connectivity index (χ4n) is 4.73. The van der Waals surface area contributed by atoms with E-state index in [9.17, 15) is 18.4 Å². The molecular weight excluding hydrogens is 524 g/mol. The Morgan fingerprint density at radius 3 is 2.77 bits per heavy atom. The first-order valence-corrected chi connectivity index (χ1v) is 12.7. The molecule has 13 heteroatoms. The van der Waals surface area contributed by atoms with Crippen LogP contribution >= 0.6 is 0 Å². The van der Waals surface area contributed by atoms with Crippen LogP contribution in [0.4, 0.5) is 19.3 Å². The maximum Gasteiger partial charge on any atom is 0.410 e. The number of nitrogens with two attached hydrogens (primary N) is 1. The number of amides is 2. The second-order valence-electron chi connectivity index (χ2n) is 10.7. The van der Waals surface area contributed by atoms with E-state index in [1.165, 1.54) is 6.20 Å². The largest absolute Gasteiger partial charge is 0.444 e. The van der Waals surface area contributed by atoms with Gasteiger partial charge in [-0.05, 0) is 62.6 Å². The fourth-order valence-corrected chi connectivity index (χ4v) is 4.73. The number of pyridine rings is 1. The van der Waals surface area contributed by atoms with Crippen LogP contribution in [0.1, 0.15) is 56.3 Å². The number of hydrogen-bond acceptors (Lipinski definition) is 9. The average molecular weight is 554 g/mol. The zero-order chi connectivity index (χ0) is 28.7. The zero-order valence-corrected chi connectivity index (χ0v) is 22.2. The van der Waals surface area contributed by atoms with Crippen LogP contribution in [0.5, 0.6) is 0 Å². The van der Waals surface area contributed by atoms with Gasteiger partial charge in [-0.3, -0.25) is 9.78 Å². The Balaban J connectivity index is 1.25. The maximum absolute atomic E-state index is 13.1. The number of benzene rings is 1. The number of alkyl halides is 2. The van der Waals surface area contributed by atoms with Gasteiger partial charge in [0, 0.05) is 31.2 Å². The number of anilines is 1. The lowest BCUT2D eigenvalue weighted by molar-refractivity contribution is -0.120. The second kappa shape index (κ2) is 10.2. The van der Waals surface area contributed by atoms with Crippen molar-refractivity contribution in [2.24, 2.45) is 5.73 Å². The molecule has 1 aromatic carbocycles. The van der Waals surface area contributed by atoms with Gasteiger partial charge in [-0.2, -0.15) is 8.78 Å². The van der Waals surface area contributed by atoms with E-state index in [0.717, 1.165) is 5.56 Å². The highest BCUT2D eigenvalue weighted by Crippen LogP contribution is 2.45. The number of carbonyl (C=O) groups is 2. The molecule has 0 unspecified atom stereocenters. The fraction of sp³-hybridized carbons (Fsp3) is 0.370. The third-order valence-corrected chi connectivity index (χ3v) is 6.71. The van der Waals surface area contributed by atoms with E-state index < -0.39 is 29.4 Å². The minimum Gasteiger partial charge on any atom is -0.444 e. The molecule has 2 aliphatic rings.